The molecule has 132 valence electrons. The topological polar surface area (TPSA) is 86.5 Å². The molecule has 0 aliphatic heterocycles. The molecule has 0 unspecified atom stereocenters. The van der Waals surface area contributed by atoms with E-state index in [1.54, 1.807) is 6.07 Å². The highest BCUT2D eigenvalue weighted by molar-refractivity contribution is 5.99. The number of aryl methyl sites for hydroxylation is 4. The first-order chi connectivity index (χ1) is 12.5. The summed E-state index contributed by atoms with van der Waals surface area (Å²) >= 11 is 0. The van der Waals surface area contributed by atoms with E-state index in [0.29, 0.717) is 11.3 Å². The van der Waals surface area contributed by atoms with Crippen molar-refractivity contribution >= 4 is 17.5 Å². The van der Waals surface area contributed by atoms with Gasteiger partial charge < -0.3 is 4.74 Å². The summed E-state index contributed by atoms with van der Waals surface area (Å²) < 4.78 is 6.59. The van der Waals surface area contributed by atoms with Crippen molar-refractivity contribution in [2.45, 2.75) is 33.1 Å². The lowest BCUT2D eigenvalue weighted by molar-refractivity contribution is 0.0463. The van der Waals surface area contributed by atoms with Crippen LogP contribution < -0.4 is 0 Å². The highest BCUT2D eigenvalue weighted by Crippen LogP contribution is 2.23. The van der Waals surface area contributed by atoms with E-state index in [2.05, 4.69) is 15.1 Å². The van der Waals surface area contributed by atoms with Crippen LogP contribution in [0.5, 0.6) is 0 Å². The zero-order chi connectivity index (χ0) is 18.3. The van der Waals surface area contributed by atoms with Crippen molar-refractivity contribution in [2.24, 2.45) is 0 Å². The first-order valence-electron chi connectivity index (χ1n) is 8.54. The van der Waals surface area contributed by atoms with E-state index in [1.807, 2.05) is 32.0 Å². The van der Waals surface area contributed by atoms with Crippen LogP contribution in [0.25, 0.3) is 5.78 Å². The molecule has 0 N–H and O–H groups in total. The minimum absolute atomic E-state index is 0.104. The number of Topliss-reactive ketones (excluding diaryl/α,β-unsaturated/α-hetero) is 1. The molecule has 4 rings (SSSR count). The van der Waals surface area contributed by atoms with Crippen molar-refractivity contribution in [1.82, 2.24) is 19.6 Å². The molecule has 7 nitrogen and oxygen atoms in total. The standard InChI is InChI=1S/C19H18N4O3/c1-11-8-12(2)23-19(20-11)21-17(22-23)18(25)26-10-16(24)15-7-6-13-4-3-5-14(13)9-15/h6-9H,3-5,10H2,1-2H3. The Labute approximate surface area is 150 Å². The van der Waals surface area contributed by atoms with Crippen LogP contribution in [0.1, 0.15) is 49.9 Å². The zero-order valence-corrected chi connectivity index (χ0v) is 14.7. The van der Waals surface area contributed by atoms with Gasteiger partial charge >= 0.3 is 5.97 Å². The molecule has 0 bridgehead atoms. The molecule has 1 aliphatic rings. The molecular weight excluding hydrogens is 332 g/mol. The van der Waals surface area contributed by atoms with Gasteiger partial charge in [-0.05, 0) is 56.4 Å². The van der Waals surface area contributed by atoms with Gasteiger partial charge in [-0.3, -0.25) is 4.79 Å². The lowest BCUT2D eigenvalue weighted by Crippen LogP contribution is -2.15. The van der Waals surface area contributed by atoms with Gasteiger partial charge in [-0.15, -0.1) is 5.10 Å². The molecule has 0 fully saturated rings. The first-order valence-corrected chi connectivity index (χ1v) is 8.54. The molecule has 3 aromatic rings. The van der Waals surface area contributed by atoms with Crippen molar-refractivity contribution in [3.8, 4) is 0 Å². The summed E-state index contributed by atoms with van der Waals surface area (Å²) in [6, 6.07) is 7.52. The molecule has 0 amide bonds. The maximum atomic E-state index is 12.3. The van der Waals surface area contributed by atoms with Crippen LogP contribution in [0, 0.1) is 13.8 Å². The Kier molecular flexibility index (Phi) is 3.99. The van der Waals surface area contributed by atoms with Gasteiger partial charge in [-0.1, -0.05) is 12.1 Å². The molecule has 2 heterocycles. The number of ether oxygens (including phenoxy) is 1. The molecule has 0 saturated heterocycles. The largest absolute Gasteiger partial charge is 0.451 e. The Balaban J connectivity index is 1.47. The highest BCUT2D eigenvalue weighted by atomic mass is 16.5. The fourth-order valence-electron chi connectivity index (χ4n) is 3.28. The van der Waals surface area contributed by atoms with E-state index in [1.165, 1.54) is 15.6 Å². The fourth-order valence-corrected chi connectivity index (χ4v) is 3.28. The molecule has 7 heteroatoms. The molecule has 26 heavy (non-hydrogen) atoms. The van der Waals surface area contributed by atoms with Crippen molar-refractivity contribution in [2.75, 3.05) is 6.61 Å². The zero-order valence-electron chi connectivity index (χ0n) is 14.7. The average molecular weight is 350 g/mol. The number of hydrogen-bond acceptors (Lipinski definition) is 6. The van der Waals surface area contributed by atoms with Gasteiger partial charge in [0.15, 0.2) is 12.4 Å². The lowest BCUT2D eigenvalue weighted by atomic mass is 10.0. The summed E-state index contributed by atoms with van der Waals surface area (Å²) in [6.07, 6.45) is 3.17. The second-order valence-corrected chi connectivity index (χ2v) is 6.52. The van der Waals surface area contributed by atoms with Crippen LogP contribution in [-0.4, -0.2) is 37.9 Å². The summed E-state index contributed by atoms with van der Waals surface area (Å²) in [7, 11) is 0. The van der Waals surface area contributed by atoms with Crippen LogP contribution in [0.3, 0.4) is 0 Å². The van der Waals surface area contributed by atoms with Gasteiger partial charge in [0.1, 0.15) is 0 Å². The number of esters is 1. The Morgan fingerprint density at radius 3 is 2.77 bits per heavy atom. The summed E-state index contributed by atoms with van der Waals surface area (Å²) in [4.78, 5) is 32.8. The molecule has 0 radical (unpaired) electrons. The molecule has 2 aromatic heterocycles. The number of carbonyl (C=O) groups is 2. The second kappa shape index (κ2) is 6.33. The number of fused-ring (bicyclic) bond motifs is 2. The third-order valence-electron chi connectivity index (χ3n) is 4.56. The van der Waals surface area contributed by atoms with Gasteiger partial charge in [0.05, 0.1) is 0 Å². The molecular formula is C19H18N4O3. The fraction of sp³-hybridized carbons (Fsp3) is 0.316. The van der Waals surface area contributed by atoms with Gasteiger partial charge in [0.2, 0.25) is 0 Å². The first kappa shape index (κ1) is 16.4. The van der Waals surface area contributed by atoms with E-state index in [0.717, 1.165) is 30.7 Å². The minimum atomic E-state index is -0.734. The van der Waals surface area contributed by atoms with Gasteiger partial charge in [0, 0.05) is 17.0 Å². The summed E-state index contributed by atoms with van der Waals surface area (Å²) in [5, 5.41) is 4.11. The van der Waals surface area contributed by atoms with Gasteiger partial charge in [0.25, 0.3) is 11.6 Å². The number of rotatable bonds is 4. The molecule has 1 aromatic carbocycles. The van der Waals surface area contributed by atoms with Crippen LogP contribution in [-0.2, 0) is 17.6 Å². The normalized spacial score (nSPS) is 13.0. The molecule has 0 spiro atoms. The average Bonchev–Trinajstić information content (AvgIpc) is 3.25. The van der Waals surface area contributed by atoms with Crippen molar-refractivity contribution in [3.63, 3.8) is 0 Å². The SMILES string of the molecule is Cc1cc(C)n2nc(C(=O)OCC(=O)c3ccc4c(c3)CCC4)nc2n1. The van der Waals surface area contributed by atoms with Crippen LogP contribution in [0.2, 0.25) is 0 Å². The Hall–Kier alpha value is -3.09. The van der Waals surface area contributed by atoms with Gasteiger partial charge in [-0.25, -0.2) is 14.3 Å². The molecule has 1 aliphatic carbocycles. The smallest absolute Gasteiger partial charge is 0.378 e. The summed E-state index contributed by atoms with van der Waals surface area (Å²) in [6.45, 7) is 3.36. The second-order valence-electron chi connectivity index (χ2n) is 6.52. The number of ketones is 1. The number of nitrogens with zero attached hydrogens (tertiary/aromatic N) is 4. The Morgan fingerprint density at radius 2 is 1.92 bits per heavy atom. The van der Waals surface area contributed by atoms with E-state index in [4.69, 9.17) is 4.74 Å². The monoisotopic (exact) mass is 350 g/mol. The minimum Gasteiger partial charge on any atom is -0.451 e. The van der Waals surface area contributed by atoms with E-state index < -0.39 is 5.97 Å². The Morgan fingerprint density at radius 1 is 1.12 bits per heavy atom. The number of carbonyl (C=O) groups excluding carboxylic acids is 2. The molecule has 0 atom stereocenters. The summed E-state index contributed by atoms with van der Waals surface area (Å²) in [5.41, 5.74) is 4.67. The van der Waals surface area contributed by atoms with Crippen molar-refractivity contribution in [3.05, 3.63) is 58.2 Å². The third-order valence-corrected chi connectivity index (χ3v) is 4.56. The lowest BCUT2D eigenvalue weighted by Gasteiger charge is -2.05. The highest BCUT2D eigenvalue weighted by Gasteiger charge is 2.19. The van der Waals surface area contributed by atoms with E-state index >= 15 is 0 Å². The quantitative estimate of drug-likeness (QED) is 0.530. The van der Waals surface area contributed by atoms with Crippen molar-refractivity contribution in [1.29, 1.82) is 0 Å². The number of aromatic nitrogens is 4. The maximum absolute atomic E-state index is 12.3. The maximum Gasteiger partial charge on any atom is 0.378 e. The predicted octanol–water partition coefficient (Wildman–Crippen LogP) is 2.27. The summed E-state index contributed by atoms with van der Waals surface area (Å²) in [5.74, 6) is -0.739. The third kappa shape index (κ3) is 2.96. The predicted molar refractivity (Wildman–Crippen MR) is 93.3 cm³/mol. The van der Waals surface area contributed by atoms with Crippen molar-refractivity contribution < 1.29 is 14.3 Å². The Bertz CT molecular complexity index is 1040. The van der Waals surface area contributed by atoms with E-state index in [-0.39, 0.29) is 18.2 Å². The van der Waals surface area contributed by atoms with Crippen LogP contribution in [0.4, 0.5) is 0 Å². The van der Waals surface area contributed by atoms with Crippen LogP contribution in [0.15, 0.2) is 24.3 Å². The van der Waals surface area contributed by atoms with E-state index in [9.17, 15) is 9.59 Å². The van der Waals surface area contributed by atoms with Gasteiger partial charge in [-0.2, -0.15) is 4.98 Å². The molecule has 0 saturated carbocycles. The number of hydrogen-bond donors (Lipinski definition) is 0. The number of benzene rings is 1. The van der Waals surface area contributed by atoms with Crippen LogP contribution >= 0.6 is 0 Å².